The molecule has 160 valence electrons. The molecule has 1 amide bonds. The van der Waals surface area contributed by atoms with Crippen molar-refractivity contribution >= 4 is 23.4 Å². The second-order valence-corrected chi connectivity index (χ2v) is 8.72. The standard InChI is InChI=1S/C22H23N5O3S/c1-27-20(15-7-11-23-12-8-15)25-26-21(27)31-14-19(28)24-16-5-6-17-18(13-16)30-22(29-17)9-3-2-4-10-22/h5-8,11-13H,2-4,9-10,14H2,1H3,(H,24,28). The van der Waals surface area contributed by atoms with Crippen LogP contribution in [0.3, 0.4) is 0 Å². The number of carbonyl (C=O) groups is 1. The molecule has 2 aromatic heterocycles. The first kappa shape index (κ1) is 19.9. The van der Waals surface area contributed by atoms with Crippen LogP contribution in [0.1, 0.15) is 32.1 Å². The Morgan fingerprint density at radius 2 is 1.87 bits per heavy atom. The van der Waals surface area contributed by atoms with Crippen LogP contribution < -0.4 is 14.8 Å². The van der Waals surface area contributed by atoms with Gasteiger partial charge in [-0.3, -0.25) is 9.78 Å². The van der Waals surface area contributed by atoms with E-state index in [4.69, 9.17) is 9.47 Å². The van der Waals surface area contributed by atoms with Crippen LogP contribution in [0.4, 0.5) is 5.69 Å². The lowest BCUT2D eigenvalue weighted by Gasteiger charge is -2.31. The molecule has 1 spiro atoms. The number of nitrogens with zero attached hydrogens (tertiary/aromatic N) is 4. The van der Waals surface area contributed by atoms with Gasteiger partial charge in [0.2, 0.25) is 5.91 Å². The van der Waals surface area contributed by atoms with Crippen LogP contribution in [0.15, 0.2) is 47.9 Å². The Kier molecular flexibility index (Phi) is 5.27. The Labute approximate surface area is 184 Å². The number of benzene rings is 1. The van der Waals surface area contributed by atoms with E-state index in [0.29, 0.717) is 16.6 Å². The van der Waals surface area contributed by atoms with Gasteiger partial charge >= 0.3 is 0 Å². The first-order valence-corrected chi connectivity index (χ1v) is 11.3. The van der Waals surface area contributed by atoms with Gasteiger partial charge in [0.05, 0.1) is 5.75 Å². The summed E-state index contributed by atoms with van der Waals surface area (Å²) in [4.78, 5) is 16.5. The fourth-order valence-corrected chi connectivity index (χ4v) is 4.70. The Morgan fingerprint density at radius 1 is 1.10 bits per heavy atom. The average molecular weight is 438 g/mol. The van der Waals surface area contributed by atoms with Crippen LogP contribution in [0.25, 0.3) is 11.4 Å². The molecule has 2 aliphatic rings. The van der Waals surface area contributed by atoms with E-state index >= 15 is 0 Å². The summed E-state index contributed by atoms with van der Waals surface area (Å²) in [7, 11) is 1.88. The van der Waals surface area contributed by atoms with Crippen molar-refractivity contribution in [2.45, 2.75) is 43.0 Å². The number of rotatable bonds is 5. The monoisotopic (exact) mass is 437 g/mol. The molecule has 0 bridgehead atoms. The Balaban J connectivity index is 1.20. The van der Waals surface area contributed by atoms with E-state index in [0.717, 1.165) is 42.8 Å². The van der Waals surface area contributed by atoms with Crippen LogP contribution in [0.2, 0.25) is 0 Å². The number of amides is 1. The van der Waals surface area contributed by atoms with Gasteiger partial charge in [0.15, 0.2) is 22.5 Å². The van der Waals surface area contributed by atoms with E-state index in [9.17, 15) is 4.79 Å². The highest BCUT2D eigenvalue weighted by atomic mass is 32.2. The minimum absolute atomic E-state index is 0.121. The third-order valence-electron chi connectivity index (χ3n) is 5.54. The highest BCUT2D eigenvalue weighted by molar-refractivity contribution is 7.99. The number of fused-ring (bicyclic) bond motifs is 1. The minimum Gasteiger partial charge on any atom is -0.448 e. The van der Waals surface area contributed by atoms with Crippen molar-refractivity contribution in [3.8, 4) is 22.9 Å². The number of thioether (sulfide) groups is 1. The lowest BCUT2D eigenvalue weighted by molar-refractivity contribution is -0.113. The van der Waals surface area contributed by atoms with Crippen molar-refractivity contribution in [2.24, 2.45) is 7.05 Å². The van der Waals surface area contributed by atoms with Crippen molar-refractivity contribution in [2.75, 3.05) is 11.1 Å². The Morgan fingerprint density at radius 3 is 2.68 bits per heavy atom. The van der Waals surface area contributed by atoms with Crippen molar-refractivity contribution in [1.29, 1.82) is 0 Å². The van der Waals surface area contributed by atoms with E-state index in [-0.39, 0.29) is 11.7 Å². The van der Waals surface area contributed by atoms with E-state index < -0.39 is 5.79 Å². The molecule has 8 nitrogen and oxygen atoms in total. The molecule has 0 unspecified atom stereocenters. The number of anilines is 1. The minimum atomic E-state index is -0.517. The van der Waals surface area contributed by atoms with Crippen LogP contribution >= 0.6 is 11.8 Å². The van der Waals surface area contributed by atoms with E-state index in [1.54, 1.807) is 12.4 Å². The third-order valence-corrected chi connectivity index (χ3v) is 6.56. The fourth-order valence-electron chi connectivity index (χ4n) is 3.99. The molecule has 3 aromatic rings. The van der Waals surface area contributed by atoms with Crippen LogP contribution in [-0.2, 0) is 11.8 Å². The maximum atomic E-state index is 12.5. The molecule has 5 rings (SSSR count). The first-order chi connectivity index (χ1) is 15.1. The van der Waals surface area contributed by atoms with Gasteiger partial charge in [-0.25, -0.2) is 0 Å². The normalized spacial score (nSPS) is 16.4. The zero-order valence-electron chi connectivity index (χ0n) is 17.2. The zero-order valence-corrected chi connectivity index (χ0v) is 18.0. The van der Waals surface area contributed by atoms with Crippen molar-refractivity contribution in [1.82, 2.24) is 19.7 Å². The third kappa shape index (κ3) is 4.10. The first-order valence-electron chi connectivity index (χ1n) is 10.4. The molecule has 1 aliphatic carbocycles. The SMILES string of the molecule is Cn1c(SCC(=O)Nc2ccc3c(c2)OC2(CCCCC2)O3)nnc1-c1ccncc1. The second-order valence-electron chi connectivity index (χ2n) is 7.77. The molecule has 0 radical (unpaired) electrons. The highest BCUT2D eigenvalue weighted by Crippen LogP contribution is 2.46. The second kappa shape index (κ2) is 8.22. The van der Waals surface area contributed by atoms with Crippen molar-refractivity contribution < 1.29 is 14.3 Å². The molecule has 1 aromatic carbocycles. The maximum absolute atomic E-state index is 12.5. The summed E-state index contributed by atoms with van der Waals surface area (Å²) in [6.07, 6.45) is 8.68. The number of carbonyl (C=O) groups excluding carboxylic acids is 1. The Hall–Kier alpha value is -3.07. The average Bonchev–Trinajstić information content (AvgIpc) is 3.32. The molecule has 0 saturated heterocycles. The van der Waals surface area contributed by atoms with Gasteiger partial charge in [-0.1, -0.05) is 18.2 Å². The van der Waals surface area contributed by atoms with Crippen LogP contribution in [0, 0.1) is 0 Å². The number of ether oxygens (including phenoxy) is 2. The molecule has 9 heteroatoms. The van der Waals surface area contributed by atoms with Crippen molar-refractivity contribution in [3.63, 3.8) is 0 Å². The van der Waals surface area contributed by atoms with E-state index in [1.807, 2.05) is 41.9 Å². The smallest absolute Gasteiger partial charge is 0.251 e. The quantitative estimate of drug-likeness (QED) is 0.602. The Bertz CT molecular complexity index is 1100. The zero-order chi connectivity index (χ0) is 21.3. The summed E-state index contributed by atoms with van der Waals surface area (Å²) < 4.78 is 14.1. The molecule has 1 fully saturated rings. The molecule has 1 N–H and O–H groups in total. The summed E-state index contributed by atoms with van der Waals surface area (Å²) in [5.74, 6) is 1.76. The van der Waals surface area contributed by atoms with Gasteiger partial charge in [0.25, 0.3) is 5.79 Å². The number of nitrogens with one attached hydrogen (secondary N) is 1. The summed E-state index contributed by atoms with van der Waals surface area (Å²) in [6.45, 7) is 0. The highest BCUT2D eigenvalue weighted by Gasteiger charge is 2.42. The van der Waals surface area contributed by atoms with E-state index in [1.165, 1.54) is 18.2 Å². The van der Waals surface area contributed by atoms with Crippen LogP contribution in [-0.4, -0.2) is 37.2 Å². The predicted molar refractivity (Wildman–Crippen MR) is 117 cm³/mol. The molecule has 3 heterocycles. The number of hydrogen-bond donors (Lipinski definition) is 1. The topological polar surface area (TPSA) is 91.2 Å². The fraction of sp³-hybridized carbons (Fsp3) is 0.364. The molecule has 31 heavy (non-hydrogen) atoms. The summed E-state index contributed by atoms with van der Waals surface area (Å²) >= 11 is 1.34. The number of aromatic nitrogens is 4. The molecule has 1 aliphatic heterocycles. The summed E-state index contributed by atoms with van der Waals surface area (Å²) in [5.41, 5.74) is 1.62. The molecule has 1 saturated carbocycles. The van der Waals surface area contributed by atoms with Crippen LogP contribution in [0.5, 0.6) is 11.5 Å². The number of pyridine rings is 1. The van der Waals surface area contributed by atoms with Gasteiger partial charge in [-0.05, 0) is 37.1 Å². The lowest BCUT2D eigenvalue weighted by Crippen LogP contribution is -2.40. The van der Waals surface area contributed by atoms with Gasteiger partial charge in [0.1, 0.15) is 0 Å². The lowest BCUT2D eigenvalue weighted by atomic mass is 9.94. The van der Waals surface area contributed by atoms with Gasteiger partial charge in [0, 0.05) is 49.6 Å². The predicted octanol–water partition coefficient (Wildman–Crippen LogP) is 4.04. The van der Waals surface area contributed by atoms with Gasteiger partial charge in [-0.15, -0.1) is 10.2 Å². The van der Waals surface area contributed by atoms with E-state index in [2.05, 4.69) is 20.5 Å². The largest absolute Gasteiger partial charge is 0.448 e. The molecule has 0 atom stereocenters. The molecular formula is C22H23N5O3S. The van der Waals surface area contributed by atoms with Gasteiger partial charge < -0.3 is 19.4 Å². The molecular weight excluding hydrogens is 414 g/mol. The summed E-state index contributed by atoms with van der Waals surface area (Å²) in [6, 6.07) is 9.30. The maximum Gasteiger partial charge on any atom is 0.251 e. The van der Waals surface area contributed by atoms with Crippen molar-refractivity contribution in [3.05, 3.63) is 42.7 Å². The summed E-state index contributed by atoms with van der Waals surface area (Å²) in [5, 5.41) is 12.0. The number of hydrogen-bond acceptors (Lipinski definition) is 7. The van der Waals surface area contributed by atoms with Gasteiger partial charge in [-0.2, -0.15) is 0 Å².